The van der Waals surface area contributed by atoms with E-state index in [0.717, 1.165) is 25.7 Å². The van der Waals surface area contributed by atoms with Crippen LogP contribution in [0.25, 0.3) is 0 Å². The van der Waals surface area contributed by atoms with Gasteiger partial charge in [0.25, 0.3) is 0 Å². The second kappa shape index (κ2) is 4.29. The van der Waals surface area contributed by atoms with Crippen LogP contribution in [-0.4, -0.2) is 11.6 Å². The molecular weight excluding hydrogens is 248 g/mol. The molecule has 2 heteroatoms. The van der Waals surface area contributed by atoms with E-state index in [4.69, 9.17) is 0 Å². The Labute approximate surface area is 121 Å². The molecule has 5 atom stereocenters. The fraction of sp³-hybridized carbons (Fsp3) is 0.778. The number of hydrogen-bond acceptors (Lipinski definition) is 2. The van der Waals surface area contributed by atoms with Crippen molar-refractivity contribution in [2.45, 2.75) is 58.3 Å². The lowest BCUT2D eigenvalue weighted by Gasteiger charge is -2.50. The number of carbonyl (C=O) groups excluding carboxylic acids is 2. The van der Waals surface area contributed by atoms with Crippen molar-refractivity contribution in [2.75, 3.05) is 0 Å². The van der Waals surface area contributed by atoms with Crippen molar-refractivity contribution in [2.24, 2.45) is 29.1 Å². The molecule has 4 aliphatic rings. The Hall–Kier alpha value is -0.920. The molecule has 0 amide bonds. The molecule has 3 fully saturated rings. The summed E-state index contributed by atoms with van der Waals surface area (Å²) < 4.78 is 0. The second-order valence-corrected chi connectivity index (χ2v) is 7.69. The Kier molecular flexibility index (Phi) is 2.74. The molecule has 0 unspecified atom stereocenters. The van der Waals surface area contributed by atoms with Crippen molar-refractivity contribution in [3.63, 3.8) is 0 Å². The zero-order chi connectivity index (χ0) is 13.9. The lowest BCUT2D eigenvalue weighted by Crippen LogP contribution is -2.49. The molecule has 0 heterocycles. The van der Waals surface area contributed by atoms with Crippen molar-refractivity contribution in [1.29, 1.82) is 0 Å². The van der Waals surface area contributed by atoms with Gasteiger partial charge in [-0.25, -0.2) is 0 Å². The summed E-state index contributed by atoms with van der Waals surface area (Å²) in [5, 5.41) is 0. The van der Waals surface area contributed by atoms with Gasteiger partial charge >= 0.3 is 0 Å². The van der Waals surface area contributed by atoms with Crippen LogP contribution >= 0.6 is 0 Å². The molecule has 3 saturated carbocycles. The first-order chi connectivity index (χ1) is 9.61. The summed E-state index contributed by atoms with van der Waals surface area (Å²) in [6.45, 7) is 2.14. The summed E-state index contributed by atoms with van der Waals surface area (Å²) in [6.07, 6.45) is 10.8. The smallest absolute Gasteiger partial charge is 0.159 e. The van der Waals surface area contributed by atoms with Gasteiger partial charge in [0.2, 0.25) is 0 Å². The molecule has 0 radical (unpaired) electrons. The number of ketones is 2. The van der Waals surface area contributed by atoms with Crippen LogP contribution in [-0.2, 0) is 9.59 Å². The Balaban J connectivity index is 1.73. The molecule has 4 aliphatic carbocycles. The maximum absolute atomic E-state index is 12.7. The molecule has 0 spiro atoms. The number of allylic oxidation sites excluding steroid dienone is 2. The number of fused-ring (bicyclic) bond motifs is 5. The third kappa shape index (κ3) is 1.57. The van der Waals surface area contributed by atoms with Gasteiger partial charge in [-0.3, -0.25) is 9.59 Å². The van der Waals surface area contributed by atoms with Gasteiger partial charge in [-0.15, -0.1) is 0 Å². The Morgan fingerprint density at radius 2 is 1.95 bits per heavy atom. The number of Topliss-reactive ketones (excluding diaryl/α,β-unsaturated/α-hetero) is 1. The van der Waals surface area contributed by atoms with Gasteiger partial charge in [0.1, 0.15) is 5.78 Å². The average molecular weight is 272 g/mol. The molecule has 4 rings (SSSR count). The first-order valence-corrected chi connectivity index (χ1v) is 8.39. The van der Waals surface area contributed by atoms with Crippen LogP contribution < -0.4 is 0 Å². The maximum atomic E-state index is 12.7. The predicted molar refractivity (Wildman–Crippen MR) is 77.1 cm³/mol. The Morgan fingerprint density at radius 3 is 2.80 bits per heavy atom. The van der Waals surface area contributed by atoms with Crippen LogP contribution in [0.2, 0.25) is 0 Å². The maximum Gasteiger partial charge on any atom is 0.159 e. The number of carbonyl (C=O) groups is 2. The summed E-state index contributed by atoms with van der Waals surface area (Å²) in [5.74, 6) is 2.48. The Morgan fingerprint density at radius 1 is 1.10 bits per heavy atom. The van der Waals surface area contributed by atoms with Crippen LogP contribution in [0.1, 0.15) is 58.3 Å². The quantitative estimate of drug-likeness (QED) is 0.674. The minimum Gasteiger partial charge on any atom is -0.299 e. The van der Waals surface area contributed by atoms with Crippen molar-refractivity contribution in [1.82, 2.24) is 0 Å². The number of hydrogen-bond donors (Lipinski definition) is 0. The second-order valence-electron chi connectivity index (χ2n) is 7.69. The van der Waals surface area contributed by atoms with Gasteiger partial charge in [-0.05, 0) is 62.4 Å². The van der Waals surface area contributed by atoms with Crippen LogP contribution in [0.3, 0.4) is 0 Å². The lowest BCUT2D eigenvalue weighted by atomic mass is 9.53. The first kappa shape index (κ1) is 12.8. The van der Waals surface area contributed by atoms with Crippen molar-refractivity contribution in [3.8, 4) is 0 Å². The third-order valence-electron chi connectivity index (χ3n) is 6.91. The molecule has 0 bridgehead atoms. The molecule has 2 nitrogen and oxygen atoms in total. The predicted octanol–water partition coefficient (Wildman–Crippen LogP) is 3.70. The summed E-state index contributed by atoms with van der Waals surface area (Å²) in [6, 6.07) is 0. The standard InChI is InChI=1S/C18H24O2/c1-18-9-8-13-12-5-3-2-4-11(12)10-15(19)17(13)14(18)6-7-16(18)20/h10,12-14,17H,2-9H2,1H3/t12-,13+,14-,17+,18-/m0/s1. The van der Waals surface area contributed by atoms with Gasteiger partial charge in [0, 0.05) is 17.8 Å². The molecule has 0 aliphatic heterocycles. The van der Waals surface area contributed by atoms with E-state index in [-0.39, 0.29) is 11.3 Å². The summed E-state index contributed by atoms with van der Waals surface area (Å²) >= 11 is 0. The van der Waals surface area contributed by atoms with Gasteiger partial charge in [-0.2, -0.15) is 0 Å². The van der Waals surface area contributed by atoms with E-state index in [2.05, 4.69) is 6.92 Å². The summed E-state index contributed by atoms with van der Waals surface area (Å²) in [7, 11) is 0. The van der Waals surface area contributed by atoms with E-state index in [1.807, 2.05) is 6.08 Å². The minimum absolute atomic E-state index is 0.159. The molecule has 0 aromatic carbocycles. The molecule has 20 heavy (non-hydrogen) atoms. The highest BCUT2D eigenvalue weighted by Crippen LogP contribution is 2.59. The Bertz CT molecular complexity index is 504. The molecule has 0 aromatic heterocycles. The van der Waals surface area contributed by atoms with Gasteiger partial charge in [-0.1, -0.05) is 18.9 Å². The zero-order valence-electron chi connectivity index (χ0n) is 12.4. The lowest BCUT2D eigenvalue weighted by molar-refractivity contribution is -0.136. The minimum atomic E-state index is -0.184. The third-order valence-corrected chi connectivity index (χ3v) is 6.91. The molecule has 0 aromatic rings. The van der Waals surface area contributed by atoms with Gasteiger partial charge in [0.05, 0.1) is 0 Å². The van der Waals surface area contributed by atoms with Crippen LogP contribution in [0.15, 0.2) is 11.6 Å². The highest BCUT2D eigenvalue weighted by atomic mass is 16.1. The van der Waals surface area contributed by atoms with Gasteiger partial charge < -0.3 is 0 Å². The molecule has 108 valence electrons. The largest absolute Gasteiger partial charge is 0.299 e. The summed E-state index contributed by atoms with van der Waals surface area (Å²) in [5.41, 5.74) is 1.26. The average Bonchev–Trinajstić information content (AvgIpc) is 2.75. The van der Waals surface area contributed by atoms with Crippen molar-refractivity contribution in [3.05, 3.63) is 11.6 Å². The molecule has 0 N–H and O–H groups in total. The highest BCUT2D eigenvalue weighted by molar-refractivity contribution is 5.96. The zero-order valence-corrected chi connectivity index (χ0v) is 12.4. The van der Waals surface area contributed by atoms with Crippen LogP contribution in [0.5, 0.6) is 0 Å². The van der Waals surface area contributed by atoms with E-state index in [9.17, 15) is 9.59 Å². The van der Waals surface area contributed by atoms with E-state index in [1.54, 1.807) is 0 Å². The van der Waals surface area contributed by atoms with E-state index < -0.39 is 0 Å². The van der Waals surface area contributed by atoms with Crippen LogP contribution in [0, 0.1) is 29.1 Å². The fourth-order valence-corrected chi connectivity index (χ4v) is 5.81. The summed E-state index contributed by atoms with van der Waals surface area (Å²) in [4.78, 5) is 25.0. The van der Waals surface area contributed by atoms with E-state index in [0.29, 0.717) is 35.7 Å². The topological polar surface area (TPSA) is 34.1 Å². The van der Waals surface area contributed by atoms with Gasteiger partial charge in [0.15, 0.2) is 5.78 Å². The molecular formula is C18H24O2. The molecule has 0 saturated heterocycles. The fourth-order valence-electron chi connectivity index (χ4n) is 5.81. The highest BCUT2D eigenvalue weighted by Gasteiger charge is 2.57. The van der Waals surface area contributed by atoms with Crippen LogP contribution in [0.4, 0.5) is 0 Å². The van der Waals surface area contributed by atoms with E-state index in [1.165, 1.54) is 24.8 Å². The normalized spacial score (nSPS) is 47.4. The van der Waals surface area contributed by atoms with Crippen molar-refractivity contribution >= 4 is 11.6 Å². The SMILES string of the molecule is C[C@]12CC[C@H]3[C@@H](C(=O)C=C4CCCC[C@@H]43)[C@@H]1CCC2=O. The van der Waals surface area contributed by atoms with Crippen molar-refractivity contribution < 1.29 is 9.59 Å². The first-order valence-electron chi connectivity index (χ1n) is 8.39. The van der Waals surface area contributed by atoms with E-state index >= 15 is 0 Å². The number of rotatable bonds is 0. The monoisotopic (exact) mass is 272 g/mol.